The van der Waals surface area contributed by atoms with Crippen LogP contribution in [0.5, 0.6) is 5.75 Å². The van der Waals surface area contributed by atoms with Crippen molar-refractivity contribution in [1.82, 2.24) is 10.9 Å². The van der Waals surface area contributed by atoms with Crippen LogP contribution in [0, 0.1) is 0 Å². The predicted molar refractivity (Wildman–Crippen MR) is 205 cm³/mol. The maximum atomic E-state index is 14.9. The molecule has 0 fully saturated rings. The first-order valence-electron chi connectivity index (χ1n) is 17.1. The maximum Gasteiger partial charge on any atom is 0.266 e. The lowest BCUT2D eigenvalue weighted by Crippen LogP contribution is -2.54. The molecule has 0 spiro atoms. The number of amides is 1. The quantitative estimate of drug-likeness (QED) is 0.0308. The van der Waals surface area contributed by atoms with Crippen molar-refractivity contribution in [2.45, 2.75) is 36.9 Å². The Morgan fingerprint density at radius 3 is 2.19 bits per heavy atom. The number of benzene rings is 5. The first-order chi connectivity index (χ1) is 25.5. The molecule has 5 aromatic carbocycles. The van der Waals surface area contributed by atoms with Crippen LogP contribution in [0.25, 0.3) is 10.4 Å². The molecule has 3 N–H and O–H groups in total. The summed E-state index contributed by atoms with van der Waals surface area (Å²) in [7, 11) is 0. The Kier molecular flexibility index (Phi) is 12.3. The predicted octanol–water partition coefficient (Wildman–Crippen LogP) is 7.97. The second-order valence-electron chi connectivity index (χ2n) is 12.4. The average molecular weight is 760 g/mol. The summed E-state index contributed by atoms with van der Waals surface area (Å²) in [6.07, 6.45) is -0.168. The minimum Gasteiger partial charge on any atom is -0.494 e. The summed E-state index contributed by atoms with van der Waals surface area (Å²) in [5, 5.41) is 13.0. The number of rotatable bonds is 16. The molecule has 264 valence electrons. The summed E-state index contributed by atoms with van der Waals surface area (Å²) in [6, 6.07) is 42.9. The summed E-state index contributed by atoms with van der Waals surface area (Å²) in [4.78, 5) is 23.1. The van der Waals surface area contributed by atoms with Crippen LogP contribution in [0.4, 0.5) is 0 Å². The smallest absolute Gasteiger partial charge is 0.266 e. The van der Waals surface area contributed by atoms with Crippen LogP contribution in [0.15, 0.2) is 148 Å². The van der Waals surface area contributed by atoms with Gasteiger partial charge in [-0.05, 0) is 58.1 Å². The number of aliphatic imine (C=N–C) groups is 1. The van der Waals surface area contributed by atoms with Gasteiger partial charge < -0.3 is 14.6 Å². The maximum absolute atomic E-state index is 14.9. The molecule has 52 heavy (non-hydrogen) atoms. The number of hydrazine groups is 1. The Morgan fingerprint density at radius 2 is 1.54 bits per heavy atom. The van der Waals surface area contributed by atoms with E-state index in [0.29, 0.717) is 36.8 Å². The van der Waals surface area contributed by atoms with Crippen LogP contribution < -0.4 is 15.6 Å². The van der Waals surface area contributed by atoms with Crippen molar-refractivity contribution >= 4 is 27.7 Å². The van der Waals surface area contributed by atoms with E-state index in [2.05, 4.69) is 61.1 Å². The third-order valence-corrected chi connectivity index (χ3v) is 9.73. The van der Waals surface area contributed by atoms with Gasteiger partial charge in [-0.2, -0.15) is 0 Å². The highest BCUT2D eigenvalue weighted by atomic mass is 79.9. The molecule has 2 atom stereocenters. The zero-order valence-corrected chi connectivity index (χ0v) is 30.0. The van der Waals surface area contributed by atoms with Gasteiger partial charge >= 0.3 is 0 Å². The van der Waals surface area contributed by atoms with Gasteiger partial charge in [0.2, 0.25) is 5.90 Å². The van der Waals surface area contributed by atoms with Gasteiger partial charge in [-0.3, -0.25) is 10.2 Å². The fraction of sp³-hybridized carbons (Fsp3) is 0.220. The van der Waals surface area contributed by atoms with Gasteiger partial charge in [-0.25, -0.2) is 10.4 Å². The number of nitrogens with one attached hydrogen (secondary N) is 2. The summed E-state index contributed by atoms with van der Waals surface area (Å²) >= 11 is 3.71. The van der Waals surface area contributed by atoms with Crippen molar-refractivity contribution in [3.63, 3.8) is 0 Å². The molecule has 1 aliphatic rings. The fourth-order valence-corrected chi connectivity index (χ4v) is 6.86. The molecule has 0 saturated carbocycles. The summed E-state index contributed by atoms with van der Waals surface area (Å²) in [6.45, 7) is 0.965. The highest BCUT2D eigenvalue weighted by Crippen LogP contribution is 2.45. The lowest BCUT2D eigenvalue weighted by atomic mass is 9.81. The van der Waals surface area contributed by atoms with Crippen molar-refractivity contribution in [1.29, 1.82) is 0 Å². The number of hydrogen-bond donors (Lipinski definition) is 3. The van der Waals surface area contributed by atoms with E-state index >= 15 is 0 Å². The van der Waals surface area contributed by atoms with Gasteiger partial charge in [0.1, 0.15) is 5.75 Å². The number of halogens is 1. The van der Waals surface area contributed by atoms with Gasteiger partial charge in [0, 0.05) is 52.4 Å². The van der Waals surface area contributed by atoms with E-state index in [1.54, 1.807) is 0 Å². The molecule has 0 unspecified atom stereocenters. The molecule has 0 aromatic heterocycles. The molecule has 0 saturated heterocycles. The van der Waals surface area contributed by atoms with Gasteiger partial charge in [-0.15, -0.1) is 0 Å². The summed E-state index contributed by atoms with van der Waals surface area (Å²) in [5.74, 6) is 0.520. The third-order valence-electron chi connectivity index (χ3n) is 9.01. The van der Waals surface area contributed by atoms with Crippen LogP contribution in [-0.2, 0) is 22.5 Å². The molecule has 1 heterocycles. The van der Waals surface area contributed by atoms with Gasteiger partial charge in [-0.1, -0.05) is 124 Å². The topological polar surface area (TPSA) is 141 Å². The number of carbonyl (C=O) groups excluding carboxylic acids is 1. The number of ether oxygens (including phenoxy) is 2. The van der Waals surface area contributed by atoms with Crippen molar-refractivity contribution in [2.75, 3.05) is 19.8 Å². The molecule has 1 amide bonds. The van der Waals surface area contributed by atoms with Crippen molar-refractivity contribution in [3.05, 3.63) is 182 Å². The van der Waals surface area contributed by atoms with Crippen molar-refractivity contribution < 1.29 is 19.4 Å². The SMILES string of the molecule is [N-]=[N+]=NCc1ccccc1C[C@]1(C(=O)NNCC(c2ccccc2)c2ccccc2)N=C(c2ccc(OCCCO)cc2)O[C@H]1c1ccccc1Br. The Hall–Kier alpha value is -5.45. The molecule has 5 aromatic rings. The molecule has 0 aliphatic carbocycles. The van der Waals surface area contributed by atoms with Crippen molar-refractivity contribution in [2.24, 2.45) is 10.1 Å². The number of aliphatic hydroxyl groups is 1. The zero-order chi connectivity index (χ0) is 36.2. The lowest BCUT2D eigenvalue weighted by Gasteiger charge is -2.32. The van der Waals surface area contributed by atoms with Crippen LogP contribution in [-0.4, -0.2) is 42.2 Å². The number of hydrogen-bond acceptors (Lipinski definition) is 7. The Morgan fingerprint density at radius 1 is 0.904 bits per heavy atom. The van der Waals surface area contributed by atoms with Crippen LogP contribution in [0.1, 0.15) is 51.8 Å². The van der Waals surface area contributed by atoms with E-state index in [1.165, 1.54) is 0 Å². The van der Waals surface area contributed by atoms with E-state index in [4.69, 9.17) is 25.1 Å². The largest absolute Gasteiger partial charge is 0.494 e. The molecular weight excluding hydrogens is 720 g/mol. The lowest BCUT2D eigenvalue weighted by molar-refractivity contribution is -0.130. The molecule has 1 aliphatic heterocycles. The summed E-state index contributed by atoms with van der Waals surface area (Å²) in [5.41, 5.74) is 19.1. The minimum atomic E-state index is -1.50. The van der Waals surface area contributed by atoms with Gasteiger partial charge in [0.25, 0.3) is 5.91 Å². The first-order valence-corrected chi connectivity index (χ1v) is 17.9. The molecule has 0 bridgehead atoms. The second-order valence-corrected chi connectivity index (χ2v) is 13.2. The van der Waals surface area contributed by atoms with Gasteiger partial charge in [0.05, 0.1) is 13.2 Å². The summed E-state index contributed by atoms with van der Waals surface area (Å²) < 4.78 is 13.2. The van der Waals surface area contributed by atoms with Crippen LogP contribution in [0.3, 0.4) is 0 Å². The number of aliphatic hydroxyl groups excluding tert-OH is 1. The normalized spacial score (nSPS) is 16.4. The van der Waals surface area contributed by atoms with Crippen LogP contribution in [0.2, 0.25) is 0 Å². The fourth-order valence-electron chi connectivity index (χ4n) is 6.37. The van der Waals surface area contributed by atoms with Gasteiger partial charge in [0.15, 0.2) is 11.6 Å². The van der Waals surface area contributed by atoms with Crippen molar-refractivity contribution in [3.8, 4) is 5.75 Å². The highest BCUT2D eigenvalue weighted by Gasteiger charge is 2.54. The number of nitrogens with zero attached hydrogens (tertiary/aromatic N) is 4. The van der Waals surface area contributed by atoms with E-state index < -0.39 is 11.6 Å². The Labute approximate surface area is 311 Å². The molecular formula is C41H39BrN6O4. The van der Waals surface area contributed by atoms with E-state index in [1.807, 2.05) is 109 Å². The van der Waals surface area contributed by atoms with E-state index in [0.717, 1.165) is 32.3 Å². The van der Waals surface area contributed by atoms with E-state index in [-0.39, 0.29) is 31.4 Å². The third kappa shape index (κ3) is 8.53. The Bertz CT molecular complexity index is 1980. The number of carbonyl (C=O) groups is 1. The van der Waals surface area contributed by atoms with E-state index in [9.17, 15) is 4.79 Å². The second kappa shape index (κ2) is 17.7. The molecule has 6 rings (SSSR count). The van der Waals surface area contributed by atoms with Crippen LogP contribution >= 0.6 is 15.9 Å². The highest BCUT2D eigenvalue weighted by molar-refractivity contribution is 9.10. The molecule has 11 heteroatoms. The molecule has 0 radical (unpaired) electrons. The Balaban J connectivity index is 1.39. The first kappa shape index (κ1) is 36.3. The standard InChI is InChI=1S/C41H39BrN6O4/c42-37-19-10-9-18-35(37)38-41(26-32-16-7-8-17-33(32)27-45-48-43,46-39(52-38)31-20-22-34(23-21-31)51-25-11-24-49)40(50)47-44-28-36(29-12-3-1-4-13-29)30-14-5-2-6-15-30/h1-10,12-23,36,38,44,49H,11,24-28H2,(H,47,50)/t38-,41-/m0/s1. The minimum absolute atomic E-state index is 0.0423. The average Bonchev–Trinajstić information content (AvgIpc) is 3.57. The molecule has 10 nitrogen and oxygen atoms in total. The zero-order valence-electron chi connectivity index (χ0n) is 28.4. The number of azide groups is 1. The monoisotopic (exact) mass is 758 g/mol.